The number of rotatable bonds is 3. The van der Waals surface area contributed by atoms with E-state index >= 15 is 0 Å². The van der Waals surface area contributed by atoms with Crippen molar-refractivity contribution in [2.24, 2.45) is 0 Å². The molecule has 0 bridgehead atoms. The Morgan fingerprint density at radius 2 is 1.90 bits per heavy atom. The summed E-state index contributed by atoms with van der Waals surface area (Å²) in [5, 5.41) is 9.07. The van der Waals surface area contributed by atoms with Crippen molar-refractivity contribution >= 4 is 10.0 Å². The molecule has 62 valence electrons. The molecule has 0 heterocycles. The Labute approximate surface area is 61.3 Å². The molecule has 0 saturated carbocycles. The molecule has 0 aliphatic rings. The molecule has 0 aromatic carbocycles. The molecule has 0 aliphatic carbocycles. The molecule has 0 atom stereocenters. The van der Waals surface area contributed by atoms with Crippen molar-refractivity contribution in [3.8, 4) is 0 Å². The van der Waals surface area contributed by atoms with E-state index in [4.69, 9.17) is 5.11 Å². The first-order valence-corrected chi connectivity index (χ1v) is 4.56. The summed E-state index contributed by atoms with van der Waals surface area (Å²) < 4.78 is 23.6. The summed E-state index contributed by atoms with van der Waals surface area (Å²) in [5.74, 6) is -0.267. The SMILES string of the molecule is CNS(=O)(=O)CC(C)(C)O. The zero-order valence-corrected chi connectivity index (χ0v) is 7.20. The molecule has 0 amide bonds. The zero-order valence-electron chi connectivity index (χ0n) is 6.38. The van der Waals surface area contributed by atoms with E-state index in [-0.39, 0.29) is 5.75 Å². The van der Waals surface area contributed by atoms with E-state index in [1.165, 1.54) is 20.9 Å². The maximum atomic E-state index is 10.7. The summed E-state index contributed by atoms with van der Waals surface area (Å²) in [6.45, 7) is 2.89. The topological polar surface area (TPSA) is 66.4 Å². The smallest absolute Gasteiger partial charge is 0.214 e. The average molecular weight is 167 g/mol. The number of sulfonamides is 1. The Morgan fingerprint density at radius 3 is 2.00 bits per heavy atom. The van der Waals surface area contributed by atoms with Gasteiger partial charge in [0, 0.05) is 0 Å². The van der Waals surface area contributed by atoms with Gasteiger partial charge in [0.2, 0.25) is 10.0 Å². The van der Waals surface area contributed by atoms with Crippen LogP contribution in [0.5, 0.6) is 0 Å². The van der Waals surface area contributed by atoms with E-state index in [2.05, 4.69) is 4.72 Å². The van der Waals surface area contributed by atoms with Gasteiger partial charge in [-0.2, -0.15) is 0 Å². The summed E-state index contributed by atoms with van der Waals surface area (Å²) in [6, 6.07) is 0. The predicted octanol–water partition coefficient (Wildman–Crippen LogP) is -0.694. The van der Waals surface area contributed by atoms with Crippen molar-refractivity contribution in [3.05, 3.63) is 0 Å². The van der Waals surface area contributed by atoms with Gasteiger partial charge >= 0.3 is 0 Å². The molecular weight excluding hydrogens is 154 g/mol. The Balaban J connectivity index is 4.18. The fraction of sp³-hybridized carbons (Fsp3) is 1.00. The lowest BCUT2D eigenvalue weighted by atomic mass is 10.2. The van der Waals surface area contributed by atoms with Crippen molar-refractivity contribution < 1.29 is 13.5 Å². The van der Waals surface area contributed by atoms with Gasteiger partial charge in [0.25, 0.3) is 0 Å². The minimum absolute atomic E-state index is 0.267. The molecule has 0 aromatic heterocycles. The molecule has 5 heteroatoms. The van der Waals surface area contributed by atoms with Crippen LogP contribution in [0, 0.1) is 0 Å². The molecule has 0 rings (SSSR count). The van der Waals surface area contributed by atoms with Gasteiger partial charge in [0.05, 0.1) is 11.4 Å². The predicted molar refractivity (Wildman–Crippen MR) is 39.1 cm³/mol. The molecule has 0 radical (unpaired) electrons. The fourth-order valence-electron chi connectivity index (χ4n) is 0.537. The maximum Gasteiger partial charge on any atom is 0.214 e. The van der Waals surface area contributed by atoms with Gasteiger partial charge in [-0.25, -0.2) is 13.1 Å². The number of nitrogens with one attached hydrogen (secondary N) is 1. The van der Waals surface area contributed by atoms with Crippen LogP contribution in [0.25, 0.3) is 0 Å². The quantitative estimate of drug-likeness (QED) is 0.584. The highest BCUT2D eigenvalue weighted by molar-refractivity contribution is 7.89. The van der Waals surface area contributed by atoms with E-state index < -0.39 is 15.6 Å². The van der Waals surface area contributed by atoms with Crippen LogP contribution in [-0.2, 0) is 10.0 Å². The zero-order chi connectivity index (χ0) is 8.41. The number of hydrogen-bond acceptors (Lipinski definition) is 3. The van der Waals surface area contributed by atoms with E-state index in [1.807, 2.05) is 0 Å². The third-order valence-electron chi connectivity index (χ3n) is 0.854. The Kier molecular flexibility index (Phi) is 2.82. The highest BCUT2D eigenvalue weighted by Crippen LogP contribution is 2.03. The summed E-state index contributed by atoms with van der Waals surface area (Å²) >= 11 is 0. The van der Waals surface area contributed by atoms with Gasteiger partial charge in [-0.05, 0) is 20.9 Å². The van der Waals surface area contributed by atoms with Crippen molar-refractivity contribution in [2.45, 2.75) is 19.4 Å². The van der Waals surface area contributed by atoms with E-state index in [0.29, 0.717) is 0 Å². The van der Waals surface area contributed by atoms with Gasteiger partial charge in [0.1, 0.15) is 0 Å². The number of hydrogen-bond donors (Lipinski definition) is 2. The molecule has 0 spiro atoms. The second kappa shape index (κ2) is 2.86. The first-order valence-electron chi connectivity index (χ1n) is 2.90. The molecule has 0 fully saturated rings. The Morgan fingerprint density at radius 1 is 1.50 bits per heavy atom. The molecular formula is C5H13NO3S. The lowest BCUT2D eigenvalue weighted by Gasteiger charge is -2.15. The van der Waals surface area contributed by atoms with Gasteiger partial charge in [-0.1, -0.05) is 0 Å². The highest BCUT2D eigenvalue weighted by Gasteiger charge is 2.21. The van der Waals surface area contributed by atoms with Crippen LogP contribution < -0.4 is 4.72 Å². The van der Waals surface area contributed by atoms with Crippen LogP contribution in [0.15, 0.2) is 0 Å². The third-order valence-corrected chi connectivity index (χ3v) is 2.56. The van der Waals surface area contributed by atoms with E-state index in [1.54, 1.807) is 0 Å². The molecule has 2 N–H and O–H groups in total. The van der Waals surface area contributed by atoms with Crippen molar-refractivity contribution in [1.82, 2.24) is 4.72 Å². The largest absolute Gasteiger partial charge is 0.389 e. The van der Waals surface area contributed by atoms with Gasteiger partial charge in [-0.15, -0.1) is 0 Å². The first kappa shape index (κ1) is 9.87. The molecule has 4 nitrogen and oxygen atoms in total. The average Bonchev–Trinajstić information content (AvgIpc) is 1.60. The molecule has 0 aliphatic heterocycles. The minimum Gasteiger partial charge on any atom is -0.389 e. The van der Waals surface area contributed by atoms with E-state index in [0.717, 1.165) is 0 Å². The van der Waals surface area contributed by atoms with Gasteiger partial charge < -0.3 is 5.11 Å². The second-order valence-corrected chi connectivity index (χ2v) is 4.70. The lowest BCUT2D eigenvalue weighted by molar-refractivity contribution is 0.105. The summed E-state index contributed by atoms with van der Waals surface area (Å²) in [6.07, 6.45) is 0. The van der Waals surface area contributed by atoms with Crippen molar-refractivity contribution in [3.63, 3.8) is 0 Å². The highest BCUT2D eigenvalue weighted by atomic mass is 32.2. The Hall–Kier alpha value is -0.130. The van der Waals surface area contributed by atoms with Crippen LogP contribution >= 0.6 is 0 Å². The van der Waals surface area contributed by atoms with Crippen LogP contribution in [0.2, 0.25) is 0 Å². The van der Waals surface area contributed by atoms with Crippen molar-refractivity contribution in [1.29, 1.82) is 0 Å². The third kappa shape index (κ3) is 4.72. The first-order chi connectivity index (χ1) is 4.27. The summed E-state index contributed by atoms with van der Waals surface area (Å²) in [5.41, 5.74) is -1.16. The van der Waals surface area contributed by atoms with E-state index in [9.17, 15) is 8.42 Å². The summed E-state index contributed by atoms with van der Waals surface area (Å²) in [4.78, 5) is 0. The van der Waals surface area contributed by atoms with Crippen LogP contribution in [0.3, 0.4) is 0 Å². The standard InChI is InChI=1S/C5H13NO3S/c1-5(2,7)4-10(8,9)6-3/h6-7H,4H2,1-3H3. The Bertz CT molecular complexity index is 189. The minimum atomic E-state index is -3.28. The molecule has 0 saturated heterocycles. The molecule has 0 unspecified atom stereocenters. The normalized spacial score (nSPS) is 13.6. The van der Waals surface area contributed by atoms with Crippen LogP contribution in [0.4, 0.5) is 0 Å². The monoisotopic (exact) mass is 167 g/mol. The van der Waals surface area contributed by atoms with Gasteiger partial charge in [-0.3, -0.25) is 0 Å². The molecule has 10 heavy (non-hydrogen) atoms. The second-order valence-electron chi connectivity index (χ2n) is 2.78. The lowest BCUT2D eigenvalue weighted by Crippen LogP contribution is -2.35. The molecule has 0 aromatic rings. The summed E-state index contributed by atoms with van der Waals surface area (Å²) in [7, 11) is -1.96. The fourth-order valence-corrected chi connectivity index (χ4v) is 1.61. The van der Waals surface area contributed by atoms with Crippen LogP contribution in [0.1, 0.15) is 13.8 Å². The maximum absolute atomic E-state index is 10.7. The van der Waals surface area contributed by atoms with Crippen LogP contribution in [-0.4, -0.2) is 31.9 Å². The van der Waals surface area contributed by atoms with Gasteiger partial charge in [0.15, 0.2) is 0 Å². The van der Waals surface area contributed by atoms with Crippen molar-refractivity contribution in [2.75, 3.05) is 12.8 Å². The number of aliphatic hydroxyl groups is 1.